The SMILES string of the molecule is C=CCOC(=O)C1CCCCC1C(=O)OCCCCCCCCCCC. The van der Waals surface area contributed by atoms with Gasteiger partial charge >= 0.3 is 11.9 Å². The highest BCUT2D eigenvalue weighted by molar-refractivity contribution is 5.82. The monoisotopic (exact) mass is 366 g/mol. The molecule has 2 unspecified atom stereocenters. The van der Waals surface area contributed by atoms with Crippen molar-refractivity contribution in [3.63, 3.8) is 0 Å². The molecule has 0 radical (unpaired) electrons. The second-order valence-corrected chi connectivity index (χ2v) is 7.41. The summed E-state index contributed by atoms with van der Waals surface area (Å²) in [5, 5.41) is 0. The van der Waals surface area contributed by atoms with Crippen LogP contribution < -0.4 is 0 Å². The van der Waals surface area contributed by atoms with Crippen LogP contribution in [0.1, 0.15) is 90.4 Å². The quantitative estimate of drug-likeness (QED) is 0.228. The zero-order chi connectivity index (χ0) is 19.0. The molecule has 0 bridgehead atoms. The minimum atomic E-state index is -0.348. The van der Waals surface area contributed by atoms with Crippen molar-refractivity contribution in [2.24, 2.45) is 11.8 Å². The Kier molecular flexibility index (Phi) is 12.9. The average molecular weight is 367 g/mol. The van der Waals surface area contributed by atoms with Crippen molar-refractivity contribution in [3.8, 4) is 0 Å². The van der Waals surface area contributed by atoms with E-state index in [1.165, 1.54) is 44.9 Å². The third kappa shape index (κ3) is 9.40. The summed E-state index contributed by atoms with van der Waals surface area (Å²) in [7, 11) is 0. The molecule has 4 nitrogen and oxygen atoms in total. The van der Waals surface area contributed by atoms with E-state index in [0.29, 0.717) is 13.0 Å². The van der Waals surface area contributed by atoms with Gasteiger partial charge in [0.2, 0.25) is 0 Å². The smallest absolute Gasteiger partial charge is 0.310 e. The van der Waals surface area contributed by atoms with Crippen molar-refractivity contribution < 1.29 is 19.1 Å². The summed E-state index contributed by atoms with van der Waals surface area (Å²) >= 11 is 0. The molecule has 150 valence electrons. The molecular formula is C22H38O4. The number of carbonyl (C=O) groups excluding carboxylic acids is 2. The number of carbonyl (C=O) groups is 2. The summed E-state index contributed by atoms with van der Waals surface area (Å²) < 4.78 is 10.6. The van der Waals surface area contributed by atoms with Gasteiger partial charge in [-0.1, -0.05) is 83.8 Å². The normalized spacial score (nSPS) is 19.7. The number of rotatable bonds is 14. The van der Waals surface area contributed by atoms with Crippen molar-refractivity contribution in [1.29, 1.82) is 0 Å². The summed E-state index contributed by atoms with van der Waals surface area (Å²) in [6.45, 7) is 6.47. The number of hydrogen-bond acceptors (Lipinski definition) is 4. The van der Waals surface area contributed by atoms with Gasteiger partial charge in [0.25, 0.3) is 0 Å². The standard InChI is InChI=1S/C22H38O4/c1-3-5-6-7-8-9-10-11-14-18-26-22(24)20-16-13-12-15-19(20)21(23)25-17-4-2/h4,19-20H,2-3,5-18H2,1H3. The first-order valence-electron chi connectivity index (χ1n) is 10.6. The molecule has 0 N–H and O–H groups in total. The van der Waals surface area contributed by atoms with Crippen LogP contribution >= 0.6 is 0 Å². The lowest BCUT2D eigenvalue weighted by Gasteiger charge is -2.28. The Balaban J connectivity index is 2.16. The van der Waals surface area contributed by atoms with Gasteiger partial charge in [-0.2, -0.15) is 0 Å². The zero-order valence-corrected chi connectivity index (χ0v) is 16.7. The molecule has 1 saturated carbocycles. The third-order valence-electron chi connectivity index (χ3n) is 5.21. The van der Waals surface area contributed by atoms with E-state index in [-0.39, 0.29) is 30.4 Å². The summed E-state index contributed by atoms with van der Waals surface area (Å²) in [4.78, 5) is 24.5. The lowest BCUT2D eigenvalue weighted by atomic mass is 9.79. The fourth-order valence-electron chi connectivity index (χ4n) is 3.64. The molecule has 26 heavy (non-hydrogen) atoms. The predicted molar refractivity (Wildman–Crippen MR) is 105 cm³/mol. The molecule has 0 amide bonds. The Hall–Kier alpha value is -1.32. The topological polar surface area (TPSA) is 52.6 Å². The van der Waals surface area contributed by atoms with E-state index in [1.54, 1.807) is 6.08 Å². The molecule has 1 fully saturated rings. The van der Waals surface area contributed by atoms with Crippen molar-refractivity contribution in [2.45, 2.75) is 90.4 Å². The molecule has 0 heterocycles. The first-order valence-corrected chi connectivity index (χ1v) is 10.6. The van der Waals surface area contributed by atoms with Gasteiger partial charge < -0.3 is 9.47 Å². The van der Waals surface area contributed by atoms with E-state index < -0.39 is 0 Å². The van der Waals surface area contributed by atoms with Crippen molar-refractivity contribution in [2.75, 3.05) is 13.2 Å². The number of hydrogen-bond donors (Lipinski definition) is 0. The predicted octanol–water partition coefficient (Wildman–Crippen LogP) is 5.60. The molecule has 0 aromatic heterocycles. The van der Waals surface area contributed by atoms with Gasteiger partial charge in [0.15, 0.2) is 0 Å². The second kappa shape index (κ2) is 14.8. The molecular weight excluding hydrogens is 328 g/mol. The molecule has 0 saturated heterocycles. The van der Waals surface area contributed by atoms with Crippen LogP contribution in [-0.2, 0) is 19.1 Å². The van der Waals surface area contributed by atoms with Crippen LogP contribution in [0, 0.1) is 11.8 Å². The van der Waals surface area contributed by atoms with Crippen LogP contribution in [0.2, 0.25) is 0 Å². The summed E-state index contributed by atoms with van der Waals surface area (Å²) in [6, 6.07) is 0. The van der Waals surface area contributed by atoms with E-state index in [4.69, 9.17) is 9.47 Å². The van der Waals surface area contributed by atoms with E-state index in [9.17, 15) is 9.59 Å². The first-order chi connectivity index (χ1) is 12.7. The van der Waals surface area contributed by atoms with E-state index in [2.05, 4.69) is 13.5 Å². The minimum absolute atomic E-state index is 0.204. The Morgan fingerprint density at radius 1 is 0.846 bits per heavy atom. The maximum absolute atomic E-state index is 12.4. The van der Waals surface area contributed by atoms with Gasteiger partial charge in [-0.25, -0.2) is 0 Å². The molecule has 0 aliphatic heterocycles. The van der Waals surface area contributed by atoms with Crippen LogP contribution in [0.4, 0.5) is 0 Å². The van der Waals surface area contributed by atoms with E-state index in [1.807, 2.05) is 0 Å². The number of ether oxygens (including phenoxy) is 2. The summed E-state index contributed by atoms with van der Waals surface area (Å²) in [5.41, 5.74) is 0. The van der Waals surface area contributed by atoms with Gasteiger partial charge in [0, 0.05) is 0 Å². The highest BCUT2D eigenvalue weighted by Crippen LogP contribution is 2.32. The Morgan fingerprint density at radius 2 is 1.35 bits per heavy atom. The second-order valence-electron chi connectivity index (χ2n) is 7.41. The molecule has 1 rings (SSSR count). The number of esters is 2. The lowest BCUT2D eigenvalue weighted by Crippen LogP contribution is -2.35. The Morgan fingerprint density at radius 3 is 1.88 bits per heavy atom. The Bertz CT molecular complexity index is 405. The fraction of sp³-hybridized carbons (Fsp3) is 0.818. The summed E-state index contributed by atoms with van der Waals surface area (Å²) in [5.74, 6) is -1.18. The zero-order valence-electron chi connectivity index (χ0n) is 16.7. The highest BCUT2D eigenvalue weighted by atomic mass is 16.5. The van der Waals surface area contributed by atoms with Crippen LogP contribution in [0.5, 0.6) is 0 Å². The Labute approximate surface area is 159 Å². The maximum atomic E-state index is 12.4. The van der Waals surface area contributed by atoms with Crippen molar-refractivity contribution in [1.82, 2.24) is 0 Å². The number of unbranched alkanes of at least 4 members (excludes halogenated alkanes) is 8. The molecule has 0 aromatic rings. The van der Waals surface area contributed by atoms with Gasteiger partial charge in [0.1, 0.15) is 6.61 Å². The minimum Gasteiger partial charge on any atom is -0.465 e. The molecule has 0 aromatic carbocycles. The maximum Gasteiger partial charge on any atom is 0.310 e. The van der Waals surface area contributed by atoms with Gasteiger partial charge in [-0.15, -0.1) is 0 Å². The third-order valence-corrected chi connectivity index (χ3v) is 5.21. The molecule has 2 atom stereocenters. The van der Waals surface area contributed by atoms with Gasteiger partial charge in [0.05, 0.1) is 18.4 Å². The van der Waals surface area contributed by atoms with Crippen LogP contribution in [0.25, 0.3) is 0 Å². The summed E-state index contributed by atoms with van der Waals surface area (Å²) in [6.07, 6.45) is 16.1. The van der Waals surface area contributed by atoms with E-state index >= 15 is 0 Å². The molecule has 4 heteroatoms. The van der Waals surface area contributed by atoms with Crippen LogP contribution in [0.15, 0.2) is 12.7 Å². The largest absolute Gasteiger partial charge is 0.465 e. The molecule has 0 spiro atoms. The van der Waals surface area contributed by atoms with Crippen LogP contribution in [-0.4, -0.2) is 25.2 Å². The van der Waals surface area contributed by atoms with E-state index in [0.717, 1.165) is 32.1 Å². The van der Waals surface area contributed by atoms with Gasteiger partial charge in [-0.05, 0) is 19.3 Å². The average Bonchev–Trinajstić information content (AvgIpc) is 2.67. The van der Waals surface area contributed by atoms with Crippen molar-refractivity contribution >= 4 is 11.9 Å². The van der Waals surface area contributed by atoms with Crippen molar-refractivity contribution in [3.05, 3.63) is 12.7 Å². The first kappa shape index (κ1) is 22.7. The van der Waals surface area contributed by atoms with Gasteiger partial charge in [-0.3, -0.25) is 9.59 Å². The molecule has 1 aliphatic carbocycles. The highest BCUT2D eigenvalue weighted by Gasteiger charge is 2.37. The molecule has 1 aliphatic rings. The fourth-order valence-corrected chi connectivity index (χ4v) is 3.64. The van der Waals surface area contributed by atoms with Crippen LogP contribution in [0.3, 0.4) is 0 Å². The lowest BCUT2D eigenvalue weighted by molar-refractivity contribution is -0.162.